The van der Waals surface area contributed by atoms with Gasteiger partial charge in [0.05, 0.1) is 44.0 Å². The third-order valence-electron chi connectivity index (χ3n) is 4.32. The van der Waals surface area contributed by atoms with E-state index in [0.717, 1.165) is 18.5 Å². The van der Waals surface area contributed by atoms with Crippen molar-refractivity contribution in [3.05, 3.63) is 36.3 Å². The van der Waals surface area contributed by atoms with E-state index in [0.29, 0.717) is 31.5 Å². The first-order valence-corrected chi connectivity index (χ1v) is 7.94. The van der Waals surface area contributed by atoms with Gasteiger partial charge in [-0.1, -0.05) is 0 Å². The van der Waals surface area contributed by atoms with Gasteiger partial charge in [0.25, 0.3) is 0 Å². The topological polar surface area (TPSA) is 73.3 Å². The van der Waals surface area contributed by atoms with E-state index in [9.17, 15) is 4.39 Å². The number of ether oxygens (including phenoxy) is 2. The predicted octanol–water partition coefficient (Wildman–Crippen LogP) is 1.53. The second kappa shape index (κ2) is 5.94. The van der Waals surface area contributed by atoms with Gasteiger partial charge in [-0.25, -0.2) is 19.3 Å². The third-order valence-corrected chi connectivity index (χ3v) is 4.32. The zero-order chi connectivity index (χ0) is 16.6. The zero-order valence-corrected chi connectivity index (χ0v) is 13.4. The van der Waals surface area contributed by atoms with Crippen LogP contribution in [0.4, 0.5) is 10.3 Å². The Morgan fingerprint density at radius 2 is 2.04 bits per heavy atom. The first kappa shape index (κ1) is 15.2. The van der Waals surface area contributed by atoms with Gasteiger partial charge in [-0.3, -0.25) is 4.98 Å². The lowest BCUT2D eigenvalue weighted by molar-refractivity contribution is -0.127. The molecule has 2 aliphatic heterocycles. The summed E-state index contributed by atoms with van der Waals surface area (Å²) in [6, 6.07) is 0. The van der Waals surface area contributed by atoms with Crippen LogP contribution in [0.1, 0.15) is 18.5 Å². The van der Waals surface area contributed by atoms with Crippen LogP contribution in [-0.4, -0.2) is 51.3 Å². The van der Waals surface area contributed by atoms with Crippen molar-refractivity contribution in [1.82, 2.24) is 19.9 Å². The molecule has 0 N–H and O–H groups in total. The first-order valence-electron chi connectivity index (χ1n) is 7.94. The Balaban J connectivity index is 1.38. The van der Waals surface area contributed by atoms with Crippen molar-refractivity contribution < 1.29 is 13.9 Å². The lowest BCUT2D eigenvalue weighted by atomic mass is 9.85. The van der Waals surface area contributed by atoms with Crippen LogP contribution in [0.15, 0.2) is 24.8 Å². The summed E-state index contributed by atoms with van der Waals surface area (Å²) in [6.45, 7) is 3.88. The van der Waals surface area contributed by atoms with E-state index < -0.39 is 5.82 Å². The Bertz CT molecular complexity index is 721. The van der Waals surface area contributed by atoms with Crippen LogP contribution in [0.25, 0.3) is 0 Å². The average molecular weight is 331 g/mol. The maximum absolute atomic E-state index is 12.9. The Kier molecular flexibility index (Phi) is 3.76. The summed E-state index contributed by atoms with van der Waals surface area (Å²) >= 11 is 0. The maximum Gasteiger partial charge on any atom is 0.232 e. The quantitative estimate of drug-likeness (QED) is 0.844. The van der Waals surface area contributed by atoms with E-state index in [1.807, 2.05) is 11.8 Å². The Morgan fingerprint density at radius 3 is 2.79 bits per heavy atom. The highest BCUT2D eigenvalue weighted by Crippen LogP contribution is 2.36. The minimum absolute atomic E-state index is 0.0473. The Labute approximate surface area is 138 Å². The summed E-state index contributed by atoms with van der Waals surface area (Å²) in [5, 5.41) is 0. The molecule has 2 fully saturated rings. The fraction of sp³-hybridized carbons (Fsp3) is 0.500. The van der Waals surface area contributed by atoms with Crippen LogP contribution >= 0.6 is 0 Å². The predicted molar refractivity (Wildman–Crippen MR) is 83.3 cm³/mol. The van der Waals surface area contributed by atoms with Crippen molar-refractivity contribution in [2.45, 2.75) is 31.5 Å². The molecule has 1 spiro atoms. The van der Waals surface area contributed by atoms with Gasteiger partial charge in [0.2, 0.25) is 11.8 Å². The first-order chi connectivity index (χ1) is 11.6. The van der Waals surface area contributed by atoms with Crippen LogP contribution in [0.3, 0.4) is 0 Å². The fourth-order valence-corrected chi connectivity index (χ4v) is 3.23. The molecule has 1 atom stereocenters. The van der Waals surface area contributed by atoms with E-state index in [1.165, 1.54) is 12.4 Å². The van der Waals surface area contributed by atoms with Gasteiger partial charge >= 0.3 is 0 Å². The van der Waals surface area contributed by atoms with Gasteiger partial charge in [0.1, 0.15) is 11.7 Å². The van der Waals surface area contributed by atoms with Crippen LogP contribution in [-0.2, 0) is 4.74 Å². The van der Waals surface area contributed by atoms with Gasteiger partial charge in [-0.2, -0.15) is 0 Å². The number of hydrogen-bond acceptors (Lipinski definition) is 7. The number of aromatic nitrogens is 4. The molecule has 2 aliphatic rings. The number of anilines is 1. The van der Waals surface area contributed by atoms with Crippen LogP contribution in [0.5, 0.6) is 5.88 Å². The molecule has 0 aliphatic carbocycles. The molecule has 4 heterocycles. The molecule has 2 aromatic rings. The fourth-order valence-electron chi connectivity index (χ4n) is 3.23. The van der Waals surface area contributed by atoms with Gasteiger partial charge in [0.15, 0.2) is 5.82 Å². The van der Waals surface area contributed by atoms with Crippen molar-refractivity contribution in [2.24, 2.45) is 0 Å². The molecule has 0 saturated carbocycles. The molecule has 24 heavy (non-hydrogen) atoms. The monoisotopic (exact) mass is 331 g/mol. The highest BCUT2D eigenvalue weighted by Gasteiger charge is 2.49. The number of aryl methyl sites for hydroxylation is 1. The van der Waals surface area contributed by atoms with Gasteiger partial charge in [-0.15, -0.1) is 0 Å². The summed E-state index contributed by atoms with van der Waals surface area (Å²) in [7, 11) is 0. The summed E-state index contributed by atoms with van der Waals surface area (Å²) in [5.74, 6) is 0.643. The molecule has 0 bridgehead atoms. The molecule has 4 rings (SSSR count). The highest BCUT2D eigenvalue weighted by molar-refractivity contribution is 5.37. The molecule has 2 saturated heterocycles. The Hall–Kier alpha value is -2.35. The lowest BCUT2D eigenvalue weighted by Crippen LogP contribution is -2.66. The Morgan fingerprint density at radius 1 is 1.25 bits per heavy atom. The molecule has 0 radical (unpaired) electrons. The molecule has 0 aromatic carbocycles. The molecule has 1 unspecified atom stereocenters. The molecule has 2 aromatic heterocycles. The third kappa shape index (κ3) is 3.01. The van der Waals surface area contributed by atoms with Crippen molar-refractivity contribution in [2.75, 3.05) is 24.6 Å². The number of rotatable bonds is 3. The molecule has 0 amide bonds. The highest BCUT2D eigenvalue weighted by atomic mass is 19.1. The summed E-state index contributed by atoms with van der Waals surface area (Å²) < 4.78 is 24.9. The normalized spacial score (nSPS) is 22.2. The summed E-state index contributed by atoms with van der Waals surface area (Å²) in [6.07, 6.45) is 7.34. The van der Waals surface area contributed by atoms with E-state index >= 15 is 0 Å². The molecule has 7 nitrogen and oxygen atoms in total. The van der Waals surface area contributed by atoms with Crippen molar-refractivity contribution >= 4 is 5.95 Å². The molecule has 8 heteroatoms. The van der Waals surface area contributed by atoms with Crippen LogP contribution < -0.4 is 9.64 Å². The average Bonchev–Trinajstić information content (AvgIpc) is 2.54. The zero-order valence-electron chi connectivity index (χ0n) is 13.4. The SMILES string of the molecule is Cc1cncc(OC2CCOC3(C2)CN(c2ncc(F)cn2)C3)n1. The second-order valence-corrected chi connectivity index (χ2v) is 6.32. The number of halogens is 1. The number of hydrogen-bond donors (Lipinski definition) is 0. The van der Waals surface area contributed by atoms with E-state index in [-0.39, 0.29) is 11.7 Å². The van der Waals surface area contributed by atoms with Crippen LogP contribution in [0.2, 0.25) is 0 Å². The molecule has 126 valence electrons. The van der Waals surface area contributed by atoms with E-state index in [4.69, 9.17) is 9.47 Å². The largest absolute Gasteiger partial charge is 0.473 e. The smallest absolute Gasteiger partial charge is 0.232 e. The second-order valence-electron chi connectivity index (χ2n) is 6.32. The molecular formula is C16H18FN5O2. The van der Waals surface area contributed by atoms with Crippen molar-refractivity contribution in [3.63, 3.8) is 0 Å². The summed E-state index contributed by atoms with van der Waals surface area (Å²) in [5.41, 5.74) is 0.579. The van der Waals surface area contributed by atoms with Gasteiger partial charge < -0.3 is 14.4 Å². The minimum Gasteiger partial charge on any atom is -0.473 e. The molecular weight excluding hydrogens is 313 g/mol. The van der Waals surface area contributed by atoms with E-state index in [1.54, 1.807) is 12.4 Å². The lowest BCUT2D eigenvalue weighted by Gasteiger charge is -2.52. The summed E-state index contributed by atoms with van der Waals surface area (Å²) in [4.78, 5) is 18.4. The van der Waals surface area contributed by atoms with Crippen molar-refractivity contribution in [3.8, 4) is 5.88 Å². The van der Waals surface area contributed by atoms with Gasteiger partial charge in [-0.05, 0) is 6.92 Å². The minimum atomic E-state index is -0.435. The maximum atomic E-state index is 12.9. The van der Waals surface area contributed by atoms with E-state index in [2.05, 4.69) is 19.9 Å². The van der Waals surface area contributed by atoms with Gasteiger partial charge in [0, 0.05) is 19.0 Å². The standard InChI is InChI=1S/C16H18FN5O2/c1-11-5-18-8-14(21-11)24-13-2-3-23-16(4-13)9-22(10-16)15-19-6-12(17)7-20-15/h5-8,13H,2-4,9-10H2,1H3. The number of nitrogens with zero attached hydrogens (tertiary/aromatic N) is 5. The van der Waals surface area contributed by atoms with Crippen molar-refractivity contribution in [1.29, 1.82) is 0 Å². The van der Waals surface area contributed by atoms with Crippen LogP contribution in [0, 0.1) is 12.7 Å².